The van der Waals surface area contributed by atoms with Crippen molar-refractivity contribution in [2.75, 3.05) is 12.5 Å². The minimum atomic E-state index is -0.642. The highest BCUT2D eigenvalue weighted by Gasteiger charge is 2.09. The lowest BCUT2D eigenvalue weighted by molar-refractivity contribution is 1.46. The monoisotopic (exact) mass is 234 g/mol. The van der Waals surface area contributed by atoms with Gasteiger partial charge in [0.2, 0.25) is 16.3 Å². The molecular weight excluding hydrogens is 224 g/mol. The summed E-state index contributed by atoms with van der Waals surface area (Å²) in [6.07, 6.45) is 3.54. The molecule has 0 saturated heterocycles. The Balaban J connectivity index is 3.36. The predicted octanol–water partition coefficient (Wildman–Crippen LogP) is 0.856. The first-order valence-corrected chi connectivity index (χ1v) is 6.75. The minimum Gasteiger partial charge on any atom is -0.288 e. The molecule has 0 amide bonds. The van der Waals surface area contributed by atoms with E-state index < -0.39 is 21.3 Å². The minimum absolute atomic E-state index is 0.128. The first-order chi connectivity index (χ1) is 7.54. The van der Waals surface area contributed by atoms with E-state index in [4.69, 9.17) is 0 Å². The summed E-state index contributed by atoms with van der Waals surface area (Å²) in [6, 6.07) is 6.46. The van der Waals surface area contributed by atoms with Crippen molar-refractivity contribution in [2.24, 2.45) is 0 Å². The Labute approximate surface area is 93.6 Å². The van der Waals surface area contributed by atoms with Gasteiger partial charge < -0.3 is 0 Å². The molecule has 0 fully saturated rings. The zero-order valence-electron chi connectivity index (χ0n) is 8.94. The second-order valence-corrected chi connectivity index (χ2v) is 5.72. The average molecular weight is 234 g/mol. The van der Waals surface area contributed by atoms with Crippen molar-refractivity contribution in [2.45, 2.75) is 0 Å². The van der Waals surface area contributed by atoms with E-state index in [1.54, 1.807) is 30.7 Å². The Bertz CT molecular complexity index is 776. The molecular formula is C12H10O3S. The van der Waals surface area contributed by atoms with Crippen LogP contribution in [0.1, 0.15) is 0 Å². The number of fused-ring (bicyclic) bond motifs is 1. The lowest BCUT2D eigenvalue weighted by Crippen LogP contribution is -2.31. The molecule has 0 unspecified atom stereocenters. The van der Waals surface area contributed by atoms with E-state index in [1.807, 2.05) is 0 Å². The topological polar surface area (TPSA) is 51.2 Å². The molecule has 16 heavy (non-hydrogen) atoms. The predicted molar refractivity (Wildman–Crippen MR) is 67.8 cm³/mol. The van der Waals surface area contributed by atoms with Crippen molar-refractivity contribution in [3.63, 3.8) is 0 Å². The molecule has 0 bridgehead atoms. The second kappa shape index (κ2) is 3.79. The molecule has 4 heteroatoms. The summed E-state index contributed by atoms with van der Waals surface area (Å²) in [5.74, 6) is 0. The summed E-state index contributed by atoms with van der Waals surface area (Å²) in [5, 5.41) is 0.579. The van der Waals surface area contributed by atoms with Crippen molar-refractivity contribution in [3.8, 4) is 0 Å². The van der Waals surface area contributed by atoms with Crippen LogP contribution in [0.2, 0.25) is 0 Å². The van der Waals surface area contributed by atoms with E-state index in [1.165, 1.54) is 6.07 Å². The van der Waals surface area contributed by atoms with Gasteiger partial charge in [-0.25, -0.2) is 0 Å². The molecule has 0 aliphatic carbocycles. The average Bonchev–Trinajstić information content (AvgIpc) is 2.26. The van der Waals surface area contributed by atoms with E-state index >= 15 is 0 Å². The second-order valence-electron chi connectivity index (χ2n) is 3.68. The van der Waals surface area contributed by atoms with Gasteiger partial charge in [0.1, 0.15) is 0 Å². The third-order valence-electron chi connectivity index (χ3n) is 2.44. The fourth-order valence-electron chi connectivity index (χ4n) is 1.70. The highest BCUT2D eigenvalue weighted by Crippen LogP contribution is 2.06. The Kier molecular flexibility index (Phi) is 2.59. The van der Waals surface area contributed by atoms with Gasteiger partial charge in [-0.1, -0.05) is 24.3 Å². The third kappa shape index (κ3) is 1.46. The summed E-state index contributed by atoms with van der Waals surface area (Å²) < 4.78 is 0.128. The highest BCUT2D eigenvalue weighted by molar-refractivity contribution is 8.08. The molecule has 0 spiro atoms. The zero-order chi connectivity index (χ0) is 11.9. The molecule has 2 aromatic carbocycles. The lowest BCUT2D eigenvalue weighted by atomic mass is 10.1. The van der Waals surface area contributed by atoms with Crippen LogP contribution in [0, 0.1) is 4.51 Å². The van der Waals surface area contributed by atoms with Crippen molar-refractivity contribution < 1.29 is 0 Å². The number of benzene rings is 2. The molecule has 0 heterocycles. The van der Waals surface area contributed by atoms with Gasteiger partial charge in [0.15, 0.2) is 0 Å². The Hall–Kier alpha value is -1.55. The number of hydrogen-bond donors (Lipinski definition) is 0. The SMILES string of the molecule is CS(C)=c1c(=O)c(=O)c2ccccc2c1=O. The summed E-state index contributed by atoms with van der Waals surface area (Å²) >= 11 is 0. The van der Waals surface area contributed by atoms with Gasteiger partial charge >= 0.3 is 0 Å². The van der Waals surface area contributed by atoms with Crippen LogP contribution in [0.5, 0.6) is 0 Å². The summed E-state index contributed by atoms with van der Waals surface area (Å²) in [4.78, 5) is 35.5. The largest absolute Gasteiger partial charge is 0.288 e. The zero-order valence-corrected chi connectivity index (χ0v) is 9.76. The van der Waals surface area contributed by atoms with Crippen LogP contribution in [0.4, 0.5) is 0 Å². The maximum atomic E-state index is 12.0. The molecule has 2 aromatic rings. The fraction of sp³-hybridized carbons (Fsp3) is 0.167. The fourth-order valence-corrected chi connectivity index (χ4v) is 2.65. The summed E-state index contributed by atoms with van der Waals surface area (Å²) in [6.45, 7) is 0. The Morgan fingerprint density at radius 2 is 1.31 bits per heavy atom. The maximum Gasteiger partial charge on any atom is 0.243 e. The highest BCUT2D eigenvalue weighted by atomic mass is 32.2. The van der Waals surface area contributed by atoms with Gasteiger partial charge in [-0.15, -0.1) is 0 Å². The van der Waals surface area contributed by atoms with E-state index in [9.17, 15) is 14.4 Å². The molecule has 0 radical (unpaired) electrons. The lowest BCUT2D eigenvalue weighted by Gasteiger charge is -1.95. The molecule has 0 N–H and O–H groups in total. The molecule has 0 aromatic heterocycles. The smallest absolute Gasteiger partial charge is 0.243 e. The van der Waals surface area contributed by atoms with Crippen molar-refractivity contribution in [3.05, 3.63) is 59.4 Å². The van der Waals surface area contributed by atoms with E-state index in [0.29, 0.717) is 5.39 Å². The van der Waals surface area contributed by atoms with Crippen molar-refractivity contribution in [1.82, 2.24) is 0 Å². The summed E-state index contributed by atoms with van der Waals surface area (Å²) in [7, 11) is -0.493. The first kappa shape index (κ1) is 11.0. The number of hydrogen-bond acceptors (Lipinski definition) is 3. The Morgan fingerprint density at radius 3 is 1.81 bits per heavy atom. The quantitative estimate of drug-likeness (QED) is 0.501. The van der Waals surface area contributed by atoms with Crippen LogP contribution in [-0.4, -0.2) is 12.5 Å². The standard InChI is InChI=1S/C12H10O3S/c1-16(2)12-10(14)8-6-4-3-5-7(8)9(13)11(12)15/h3-6H,1-2H3. The van der Waals surface area contributed by atoms with Gasteiger partial charge in [0, 0.05) is 10.8 Å². The molecule has 0 saturated carbocycles. The Morgan fingerprint density at radius 1 is 0.812 bits per heavy atom. The van der Waals surface area contributed by atoms with Gasteiger partial charge in [0.25, 0.3) is 0 Å². The van der Waals surface area contributed by atoms with Crippen LogP contribution in [0.25, 0.3) is 10.8 Å². The van der Waals surface area contributed by atoms with Crippen LogP contribution in [0.3, 0.4) is 0 Å². The van der Waals surface area contributed by atoms with Gasteiger partial charge in [-0.2, -0.15) is 10.5 Å². The molecule has 82 valence electrons. The van der Waals surface area contributed by atoms with E-state index in [-0.39, 0.29) is 15.3 Å². The maximum absolute atomic E-state index is 12.0. The van der Waals surface area contributed by atoms with Crippen molar-refractivity contribution >= 4 is 21.3 Å². The molecule has 3 nitrogen and oxygen atoms in total. The van der Waals surface area contributed by atoms with Crippen molar-refractivity contribution in [1.29, 1.82) is 0 Å². The van der Waals surface area contributed by atoms with Gasteiger partial charge in [-0.05, 0) is 12.5 Å². The van der Waals surface area contributed by atoms with Crippen LogP contribution in [-0.2, 0) is 0 Å². The molecule has 0 atom stereocenters. The number of rotatable bonds is 0. The van der Waals surface area contributed by atoms with Gasteiger partial charge in [-0.3, -0.25) is 14.4 Å². The van der Waals surface area contributed by atoms with Crippen LogP contribution in [0.15, 0.2) is 38.6 Å². The first-order valence-electron chi connectivity index (χ1n) is 4.71. The third-order valence-corrected chi connectivity index (χ3v) is 3.63. The van der Waals surface area contributed by atoms with Gasteiger partial charge in [0.05, 0.1) is 4.51 Å². The molecule has 2 rings (SSSR count). The van der Waals surface area contributed by atoms with E-state index in [2.05, 4.69) is 0 Å². The molecule has 0 aliphatic heterocycles. The van der Waals surface area contributed by atoms with Crippen LogP contribution >= 0.6 is 10.5 Å². The van der Waals surface area contributed by atoms with E-state index in [0.717, 1.165) is 0 Å². The summed E-state index contributed by atoms with van der Waals surface area (Å²) in [5.41, 5.74) is -1.50. The normalized spacial score (nSPS) is 11.2. The van der Waals surface area contributed by atoms with Crippen LogP contribution < -0.4 is 16.3 Å². The molecule has 0 aliphatic rings.